The zero-order valence-corrected chi connectivity index (χ0v) is 16.6. The molecule has 0 unspecified atom stereocenters. The zero-order valence-electron chi connectivity index (χ0n) is 16.6. The van der Waals surface area contributed by atoms with Gasteiger partial charge in [0.1, 0.15) is 11.5 Å². The molecule has 150 valence electrons. The van der Waals surface area contributed by atoms with E-state index in [-0.39, 0.29) is 24.7 Å². The van der Waals surface area contributed by atoms with Gasteiger partial charge in [-0.05, 0) is 49.5 Å². The summed E-state index contributed by atoms with van der Waals surface area (Å²) in [6.07, 6.45) is 0.332. The Morgan fingerprint density at radius 2 is 1.46 bits per heavy atom. The van der Waals surface area contributed by atoms with Crippen LogP contribution in [0.25, 0.3) is 0 Å². The smallest absolute Gasteiger partial charge is 0.224 e. The Morgan fingerprint density at radius 1 is 0.857 bits per heavy atom. The van der Waals surface area contributed by atoms with Crippen LogP contribution in [0.5, 0.6) is 11.5 Å². The lowest BCUT2D eigenvalue weighted by molar-refractivity contribution is -0.124. The standard InChI is InChI=1S/C22H29N3O3/c1-3-25(4-2)17-16-23-21(26)14-15-22(27)24-18-10-12-20(13-11-18)28-19-8-6-5-7-9-19/h5-13H,3-4,14-17H2,1-2H3,(H,23,26)(H,24,27). The normalized spacial score (nSPS) is 10.5. The fourth-order valence-corrected chi connectivity index (χ4v) is 2.66. The van der Waals surface area contributed by atoms with E-state index in [2.05, 4.69) is 29.4 Å². The van der Waals surface area contributed by atoms with Crippen LogP contribution in [-0.2, 0) is 9.59 Å². The number of anilines is 1. The van der Waals surface area contributed by atoms with E-state index < -0.39 is 0 Å². The van der Waals surface area contributed by atoms with E-state index in [1.54, 1.807) is 24.3 Å². The number of ether oxygens (including phenoxy) is 1. The molecule has 0 aromatic heterocycles. The number of carbonyl (C=O) groups excluding carboxylic acids is 2. The van der Waals surface area contributed by atoms with Gasteiger partial charge >= 0.3 is 0 Å². The highest BCUT2D eigenvalue weighted by Crippen LogP contribution is 2.22. The summed E-state index contributed by atoms with van der Waals surface area (Å²) in [4.78, 5) is 26.1. The maximum atomic E-state index is 12.0. The number of hydrogen-bond donors (Lipinski definition) is 2. The van der Waals surface area contributed by atoms with Crippen molar-refractivity contribution >= 4 is 17.5 Å². The van der Waals surface area contributed by atoms with E-state index >= 15 is 0 Å². The predicted octanol–water partition coefficient (Wildman–Crippen LogP) is 3.66. The van der Waals surface area contributed by atoms with Crippen molar-refractivity contribution in [1.82, 2.24) is 10.2 Å². The number of rotatable bonds is 11. The highest BCUT2D eigenvalue weighted by atomic mass is 16.5. The lowest BCUT2D eigenvalue weighted by Gasteiger charge is -2.17. The fraction of sp³-hybridized carbons (Fsp3) is 0.364. The van der Waals surface area contributed by atoms with E-state index in [0.29, 0.717) is 18.0 Å². The van der Waals surface area contributed by atoms with Gasteiger partial charge in [-0.15, -0.1) is 0 Å². The van der Waals surface area contributed by atoms with E-state index in [9.17, 15) is 9.59 Å². The van der Waals surface area contributed by atoms with Crippen molar-refractivity contribution in [2.75, 3.05) is 31.5 Å². The Labute approximate surface area is 166 Å². The molecule has 0 spiro atoms. The number of hydrogen-bond acceptors (Lipinski definition) is 4. The molecule has 0 fully saturated rings. The lowest BCUT2D eigenvalue weighted by atomic mass is 10.2. The van der Waals surface area contributed by atoms with E-state index in [4.69, 9.17) is 4.74 Å². The largest absolute Gasteiger partial charge is 0.457 e. The number of nitrogens with one attached hydrogen (secondary N) is 2. The summed E-state index contributed by atoms with van der Waals surface area (Å²) in [5.41, 5.74) is 0.673. The number of benzene rings is 2. The molecular formula is C22H29N3O3. The number of nitrogens with zero attached hydrogens (tertiary/aromatic N) is 1. The van der Waals surface area contributed by atoms with Gasteiger partial charge in [-0.25, -0.2) is 0 Å². The third-order valence-electron chi connectivity index (χ3n) is 4.34. The second-order valence-corrected chi connectivity index (χ2v) is 6.36. The third kappa shape index (κ3) is 7.80. The summed E-state index contributed by atoms with van der Waals surface area (Å²) in [5, 5.41) is 5.65. The van der Waals surface area contributed by atoms with Crippen molar-refractivity contribution in [2.24, 2.45) is 0 Å². The molecule has 0 radical (unpaired) electrons. The van der Waals surface area contributed by atoms with Crippen molar-refractivity contribution in [3.05, 3.63) is 54.6 Å². The molecule has 2 aromatic rings. The predicted molar refractivity (Wildman–Crippen MR) is 112 cm³/mol. The van der Waals surface area contributed by atoms with Crippen LogP contribution in [0.15, 0.2) is 54.6 Å². The molecule has 0 heterocycles. The Kier molecular flexibility index (Phi) is 9.01. The van der Waals surface area contributed by atoms with Crippen molar-refractivity contribution in [2.45, 2.75) is 26.7 Å². The Bertz CT molecular complexity index is 728. The van der Waals surface area contributed by atoms with Gasteiger partial charge in [0.25, 0.3) is 0 Å². The molecule has 0 aliphatic heterocycles. The zero-order chi connectivity index (χ0) is 20.2. The van der Waals surface area contributed by atoms with Gasteiger partial charge in [-0.2, -0.15) is 0 Å². The summed E-state index contributed by atoms with van der Waals surface area (Å²) in [5.74, 6) is 1.16. The maximum Gasteiger partial charge on any atom is 0.224 e. The molecule has 2 aromatic carbocycles. The molecule has 2 rings (SSSR count). The first-order chi connectivity index (χ1) is 13.6. The molecule has 28 heavy (non-hydrogen) atoms. The lowest BCUT2D eigenvalue weighted by Crippen LogP contribution is -2.35. The van der Waals surface area contributed by atoms with Crippen molar-refractivity contribution in [3.8, 4) is 11.5 Å². The van der Waals surface area contributed by atoms with Crippen LogP contribution in [0.4, 0.5) is 5.69 Å². The summed E-state index contributed by atoms with van der Waals surface area (Å²) < 4.78 is 5.72. The van der Waals surface area contributed by atoms with Gasteiger partial charge in [-0.3, -0.25) is 9.59 Å². The molecule has 0 atom stereocenters. The second-order valence-electron chi connectivity index (χ2n) is 6.36. The summed E-state index contributed by atoms with van der Waals surface area (Å²) >= 11 is 0. The first-order valence-electron chi connectivity index (χ1n) is 9.72. The van der Waals surface area contributed by atoms with Crippen molar-refractivity contribution in [3.63, 3.8) is 0 Å². The van der Waals surface area contributed by atoms with E-state index in [1.807, 2.05) is 30.3 Å². The van der Waals surface area contributed by atoms with Gasteiger partial charge in [0.15, 0.2) is 0 Å². The van der Waals surface area contributed by atoms with Crippen LogP contribution in [0.2, 0.25) is 0 Å². The quantitative estimate of drug-likeness (QED) is 0.621. The number of carbonyl (C=O) groups is 2. The minimum Gasteiger partial charge on any atom is -0.457 e. The van der Waals surface area contributed by atoms with Crippen LogP contribution in [0.3, 0.4) is 0 Å². The minimum atomic E-state index is -0.185. The average Bonchev–Trinajstić information content (AvgIpc) is 2.72. The topological polar surface area (TPSA) is 70.7 Å². The third-order valence-corrected chi connectivity index (χ3v) is 4.34. The van der Waals surface area contributed by atoms with Crippen LogP contribution in [0, 0.1) is 0 Å². The Morgan fingerprint density at radius 3 is 2.11 bits per heavy atom. The number of para-hydroxylation sites is 1. The molecule has 0 aliphatic rings. The van der Waals surface area contributed by atoms with Crippen molar-refractivity contribution in [1.29, 1.82) is 0 Å². The van der Waals surface area contributed by atoms with Crippen LogP contribution < -0.4 is 15.4 Å². The van der Waals surface area contributed by atoms with Gasteiger partial charge in [-0.1, -0.05) is 32.0 Å². The molecule has 2 N–H and O–H groups in total. The highest BCUT2D eigenvalue weighted by Gasteiger charge is 2.08. The molecule has 6 nitrogen and oxygen atoms in total. The summed E-state index contributed by atoms with van der Waals surface area (Å²) in [7, 11) is 0. The molecule has 0 aliphatic carbocycles. The Balaban J connectivity index is 1.69. The summed E-state index contributed by atoms with van der Waals surface area (Å²) in [6, 6.07) is 16.6. The Hall–Kier alpha value is -2.86. The number of amides is 2. The van der Waals surface area contributed by atoms with Gasteiger partial charge in [0.2, 0.25) is 11.8 Å². The van der Waals surface area contributed by atoms with Crippen LogP contribution in [-0.4, -0.2) is 42.9 Å². The molecule has 0 saturated heterocycles. The monoisotopic (exact) mass is 383 g/mol. The highest BCUT2D eigenvalue weighted by molar-refractivity contribution is 5.93. The molecule has 0 bridgehead atoms. The minimum absolute atomic E-state index is 0.103. The van der Waals surface area contributed by atoms with Gasteiger partial charge < -0.3 is 20.3 Å². The van der Waals surface area contributed by atoms with E-state index in [1.165, 1.54) is 0 Å². The second kappa shape index (κ2) is 11.8. The van der Waals surface area contributed by atoms with Crippen molar-refractivity contribution < 1.29 is 14.3 Å². The number of likely N-dealkylation sites (N-methyl/N-ethyl adjacent to an activating group) is 1. The molecule has 2 amide bonds. The fourth-order valence-electron chi connectivity index (χ4n) is 2.66. The SMILES string of the molecule is CCN(CC)CCNC(=O)CCC(=O)Nc1ccc(Oc2ccccc2)cc1. The molecular weight excluding hydrogens is 354 g/mol. The van der Waals surface area contributed by atoms with Gasteiger partial charge in [0.05, 0.1) is 0 Å². The van der Waals surface area contributed by atoms with E-state index in [0.717, 1.165) is 25.4 Å². The average molecular weight is 383 g/mol. The first kappa shape index (κ1) is 21.4. The molecule has 0 saturated carbocycles. The van der Waals surface area contributed by atoms with Crippen LogP contribution in [0.1, 0.15) is 26.7 Å². The van der Waals surface area contributed by atoms with Crippen LogP contribution >= 0.6 is 0 Å². The molecule has 6 heteroatoms. The van der Waals surface area contributed by atoms with Gasteiger partial charge in [0, 0.05) is 31.6 Å². The first-order valence-corrected chi connectivity index (χ1v) is 9.72. The maximum absolute atomic E-state index is 12.0. The summed E-state index contributed by atoms with van der Waals surface area (Å²) in [6.45, 7) is 7.53.